The van der Waals surface area contributed by atoms with Crippen molar-refractivity contribution in [3.63, 3.8) is 0 Å². The molecule has 170 valence electrons. The van der Waals surface area contributed by atoms with Crippen LogP contribution in [0.4, 0.5) is 5.69 Å². The van der Waals surface area contributed by atoms with Gasteiger partial charge >= 0.3 is 0 Å². The number of fused-ring (bicyclic) bond motifs is 4. The van der Waals surface area contributed by atoms with Crippen LogP contribution in [0.3, 0.4) is 0 Å². The number of aromatic nitrogens is 3. The van der Waals surface area contributed by atoms with E-state index in [1.54, 1.807) is 17.0 Å². The van der Waals surface area contributed by atoms with Crippen LogP contribution in [0.25, 0.3) is 11.3 Å². The lowest BCUT2D eigenvalue weighted by Crippen LogP contribution is -2.37. The van der Waals surface area contributed by atoms with Crippen LogP contribution in [0.1, 0.15) is 38.5 Å². The van der Waals surface area contributed by atoms with Crippen LogP contribution < -0.4 is 19.1 Å². The second kappa shape index (κ2) is 9.07. The van der Waals surface area contributed by atoms with Crippen molar-refractivity contribution >= 4 is 35.0 Å². The van der Waals surface area contributed by atoms with E-state index in [0.717, 1.165) is 5.75 Å². The third-order valence-electron chi connectivity index (χ3n) is 5.28. The molecule has 0 unspecified atom stereocenters. The average Bonchev–Trinajstić information content (AvgIpc) is 3.20. The van der Waals surface area contributed by atoms with Crippen molar-refractivity contribution < 1.29 is 19.0 Å². The van der Waals surface area contributed by atoms with Gasteiger partial charge < -0.3 is 14.2 Å². The molecule has 0 radical (unpaired) electrons. The molecule has 0 bridgehead atoms. The number of anilines is 1. The number of carbonyl (C=O) groups is 1. The van der Waals surface area contributed by atoms with Crippen molar-refractivity contribution in [2.24, 2.45) is 0 Å². The molecule has 2 aliphatic rings. The highest BCUT2D eigenvalue weighted by molar-refractivity contribution is 7.99. The fourth-order valence-corrected chi connectivity index (χ4v) is 4.58. The molecule has 2 aromatic carbocycles. The summed E-state index contributed by atoms with van der Waals surface area (Å²) in [6.07, 6.45) is 0.133. The summed E-state index contributed by atoms with van der Waals surface area (Å²) in [4.78, 5) is 19.7. The summed E-state index contributed by atoms with van der Waals surface area (Å²) in [6.45, 7) is 4.08. The Hall–Kier alpha value is -3.04. The number of thioether (sulfide) groups is 1. The number of ether oxygens (including phenoxy) is 3. The van der Waals surface area contributed by atoms with Crippen molar-refractivity contribution in [2.45, 2.75) is 38.1 Å². The summed E-state index contributed by atoms with van der Waals surface area (Å²) in [7, 11) is 0. The molecule has 3 aromatic rings. The minimum absolute atomic E-state index is 0.104. The molecule has 0 saturated heterocycles. The van der Waals surface area contributed by atoms with Crippen molar-refractivity contribution in [2.75, 3.05) is 17.4 Å². The Bertz CT molecular complexity index is 1230. The van der Waals surface area contributed by atoms with Gasteiger partial charge in [0.1, 0.15) is 0 Å². The van der Waals surface area contributed by atoms with E-state index in [9.17, 15) is 4.79 Å². The first-order valence-electron chi connectivity index (χ1n) is 10.6. The largest absolute Gasteiger partial charge is 0.454 e. The SMILES string of the molecule is CCCC(=O)N1c2ccccc2-c2nnc(SCC)nc2O[C@@H]1c1cc2c(cc1Cl)OCO2. The summed E-state index contributed by atoms with van der Waals surface area (Å²) in [5.74, 6) is 2.07. The van der Waals surface area contributed by atoms with E-state index in [2.05, 4.69) is 15.2 Å². The highest BCUT2D eigenvalue weighted by Gasteiger charge is 2.37. The number of amides is 1. The van der Waals surface area contributed by atoms with Crippen LogP contribution in [-0.2, 0) is 4.79 Å². The minimum Gasteiger partial charge on any atom is -0.454 e. The molecule has 0 saturated carbocycles. The number of benzene rings is 2. The molecular weight excluding hydrogens is 464 g/mol. The van der Waals surface area contributed by atoms with Gasteiger partial charge in [-0.1, -0.05) is 55.4 Å². The normalized spacial score (nSPS) is 16.0. The quantitative estimate of drug-likeness (QED) is 0.453. The van der Waals surface area contributed by atoms with E-state index in [0.29, 0.717) is 62.9 Å². The number of rotatable bonds is 5. The van der Waals surface area contributed by atoms with Gasteiger partial charge in [-0.15, -0.1) is 10.2 Å². The molecule has 8 nitrogen and oxygen atoms in total. The third kappa shape index (κ3) is 3.95. The lowest BCUT2D eigenvalue weighted by atomic mass is 10.1. The molecule has 0 fully saturated rings. The standard InChI is InChI=1S/C23H21ClN4O4S/c1-3-7-19(29)28-16-9-6-5-8-13(16)20-21(25-23(27-26-20)33-4-2)32-22(28)14-10-17-18(11-15(14)24)31-12-30-17/h5-6,8-11,22H,3-4,7,12H2,1-2H3/t22-/m1/s1. The predicted molar refractivity (Wildman–Crippen MR) is 125 cm³/mol. The molecule has 3 heterocycles. The number of hydrogen-bond donors (Lipinski definition) is 0. The van der Waals surface area contributed by atoms with Gasteiger partial charge in [0.25, 0.3) is 0 Å². The molecule has 1 amide bonds. The molecule has 0 aliphatic carbocycles. The van der Waals surface area contributed by atoms with Crippen LogP contribution in [0.15, 0.2) is 41.6 Å². The fraction of sp³-hybridized carbons (Fsp3) is 0.304. The van der Waals surface area contributed by atoms with Gasteiger partial charge in [0.2, 0.25) is 30.0 Å². The number of hydrogen-bond acceptors (Lipinski definition) is 8. The summed E-state index contributed by atoms with van der Waals surface area (Å²) in [5, 5.41) is 9.55. The van der Waals surface area contributed by atoms with Gasteiger partial charge in [-0.05, 0) is 24.3 Å². The van der Waals surface area contributed by atoms with E-state index >= 15 is 0 Å². The zero-order valence-corrected chi connectivity index (χ0v) is 19.7. The van der Waals surface area contributed by atoms with E-state index in [1.165, 1.54) is 11.8 Å². The minimum atomic E-state index is -0.885. The van der Waals surface area contributed by atoms with E-state index in [4.69, 9.17) is 25.8 Å². The summed E-state index contributed by atoms with van der Waals surface area (Å²) >= 11 is 8.13. The van der Waals surface area contributed by atoms with Crippen molar-refractivity contribution in [3.8, 4) is 28.6 Å². The van der Waals surface area contributed by atoms with Crippen molar-refractivity contribution in [3.05, 3.63) is 47.0 Å². The molecule has 2 aliphatic heterocycles. The van der Waals surface area contributed by atoms with Crippen LogP contribution in [0.2, 0.25) is 5.02 Å². The molecule has 0 spiro atoms. The van der Waals surface area contributed by atoms with Crippen LogP contribution in [-0.4, -0.2) is 33.6 Å². The van der Waals surface area contributed by atoms with Crippen LogP contribution >= 0.6 is 23.4 Å². The smallest absolute Gasteiger partial charge is 0.247 e. The van der Waals surface area contributed by atoms with Gasteiger partial charge in [-0.2, -0.15) is 4.98 Å². The highest BCUT2D eigenvalue weighted by Crippen LogP contribution is 2.47. The fourth-order valence-electron chi connectivity index (χ4n) is 3.83. The van der Waals surface area contributed by atoms with E-state index < -0.39 is 6.23 Å². The van der Waals surface area contributed by atoms with Crippen molar-refractivity contribution in [1.29, 1.82) is 0 Å². The Kier molecular flexibility index (Phi) is 5.99. The van der Waals surface area contributed by atoms with Gasteiger partial charge in [0.05, 0.1) is 10.7 Å². The first-order valence-corrected chi connectivity index (χ1v) is 12.0. The molecule has 1 aromatic heterocycles. The van der Waals surface area contributed by atoms with Crippen LogP contribution in [0.5, 0.6) is 17.4 Å². The first kappa shape index (κ1) is 21.8. The van der Waals surface area contributed by atoms with Gasteiger partial charge in [0, 0.05) is 23.6 Å². The van der Waals surface area contributed by atoms with Gasteiger partial charge in [0.15, 0.2) is 17.2 Å². The molecular formula is C23H21ClN4O4S. The van der Waals surface area contributed by atoms with Gasteiger partial charge in [-0.25, -0.2) is 0 Å². The maximum atomic E-state index is 13.4. The first-order chi connectivity index (χ1) is 16.1. The molecule has 5 rings (SSSR count). The average molecular weight is 485 g/mol. The number of nitrogens with zero attached hydrogens (tertiary/aromatic N) is 4. The van der Waals surface area contributed by atoms with Crippen molar-refractivity contribution in [1.82, 2.24) is 15.2 Å². The topological polar surface area (TPSA) is 86.7 Å². The van der Waals surface area contributed by atoms with Gasteiger partial charge in [-0.3, -0.25) is 9.69 Å². The Morgan fingerprint density at radius 2 is 1.97 bits per heavy atom. The molecule has 33 heavy (non-hydrogen) atoms. The zero-order valence-electron chi connectivity index (χ0n) is 18.1. The molecule has 1 atom stereocenters. The second-order valence-electron chi connectivity index (χ2n) is 7.41. The Balaban J connectivity index is 1.73. The lowest BCUT2D eigenvalue weighted by Gasteiger charge is -2.31. The predicted octanol–water partition coefficient (Wildman–Crippen LogP) is 5.26. The van der Waals surface area contributed by atoms with E-state index in [-0.39, 0.29) is 12.7 Å². The summed E-state index contributed by atoms with van der Waals surface area (Å²) < 4.78 is 17.5. The highest BCUT2D eigenvalue weighted by atomic mass is 35.5. The Morgan fingerprint density at radius 3 is 2.76 bits per heavy atom. The maximum absolute atomic E-state index is 13.4. The van der Waals surface area contributed by atoms with E-state index in [1.807, 2.05) is 38.1 Å². The molecule has 0 N–H and O–H groups in total. The lowest BCUT2D eigenvalue weighted by molar-refractivity contribution is -0.120. The third-order valence-corrected chi connectivity index (χ3v) is 6.32. The zero-order chi connectivity index (χ0) is 22.9. The summed E-state index contributed by atoms with van der Waals surface area (Å²) in [5.41, 5.74) is 2.40. The monoisotopic (exact) mass is 484 g/mol. The second-order valence-corrected chi connectivity index (χ2v) is 9.05. The number of para-hydroxylation sites is 1. The maximum Gasteiger partial charge on any atom is 0.247 e. The molecule has 10 heteroatoms. The number of halogens is 1. The van der Waals surface area contributed by atoms with Crippen LogP contribution in [0, 0.1) is 0 Å². The Labute approximate surface area is 200 Å². The number of carbonyl (C=O) groups excluding carboxylic acids is 1. The summed E-state index contributed by atoms with van der Waals surface area (Å²) in [6, 6.07) is 10.9. The Morgan fingerprint density at radius 1 is 1.18 bits per heavy atom.